The number of carbonyl (C=O) groups excluding carboxylic acids is 1. The SMILES string of the molecule is O=C(C[C@@H](Cc1ccccc1)c1ccco1)N1CCC(c2ccn[nH]2)CC1. The minimum atomic E-state index is 0.0697. The average Bonchev–Trinajstić information content (AvgIpc) is 3.42. The Kier molecular flexibility index (Phi) is 5.37. The number of H-pyrrole nitrogens is 1. The summed E-state index contributed by atoms with van der Waals surface area (Å²) >= 11 is 0. The van der Waals surface area contributed by atoms with Gasteiger partial charge in [-0.25, -0.2) is 0 Å². The van der Waals surface area contributed by atoms with Crippen LogP contribution in [-0.2, 0) is 11.2 Å². The Balaban J connectivity index is 1.38. The molecule has 5 nitrogen and oxygen atoms in total. The highest BCUT2D eigenvalue weighted by atomic mass is 16.3. The predicted molar refractivity (Wildman–Crippen MR) is 103 cm³/mol. The first kappa shape index (κ1) is 17.6. The summed E-state index contributed by atoms with van der Waals surface area (Å²) in [5, 5.41) is 7.11. The van der Waals surface area contributed by atoms with E-state index in [4.69, 9.17) is 4.42 Å². The number of amides is 1. The molecular weight excluding hydrogens is 338 g/mol. The van der Waals surface area contributed by atoms with Crippen molar-refractivity contribution in [2.75, 3.05) is 13.1 Å². The van der Waals surface area contributed by atoms with Crippen LogP contribution in [0.1, 0.15) is 48.1 Å². The topological polar surface area (TPSA) is 62.1 Å². The summed E-state index contributed by atoms with van der Waals surface area (Å²) in [5.41, 5.74) is 2.41. The molecule has 0 spiro atoms. The molecule has 5 heteroatoms. The maximum Gasteiger partial charge on any atom is 0.223 e. The van der Waals surface area contributed by atoms with Gasteiger partial charge in [0, 0.05) is 43.2 Å². The zero-order valence-corrected chi connectivity index (χ0v) is 15.4. The van der Waals surface area contributed by atoms with E-state index < -0.39 is 0 Å². The van der Waals surface area contributed by atoms with E-state index in [0.29, 0.717) is 12.3 Å². The molecule has 0 aliphatic carbocycles. The second-order valence-electron chi connectivity index (χ2n) is 7.27. The monoisotopic (exact) mass is 363 g/mol. The summed E-state index contributed by atoms with van der Waals surface area (Å²) in [6.07, 6.45) is 6.75. The van der Waals surface area contributed by atoms with Gasteiger partial charge < -0.3 is 9.32 Å². The van der Waals surface area contributed by atoms with Crippen LogP contribution in [0.2, 0.25) is 0 Å². The van der Waals surface area contributed by atoms with Crippen LogP contribution < -0.4 is 0 Å². The lowest BCUT2D eigenvalue weighted by molar-refractivity contribution is -0.132. The zero-order chi connectivity index (χ0) is 18.5. The third-order valence-corrected chi connectivity index (χ3v) is 5.50. The van der Waals surface area contributed by atoms with Crippen molar-refractivity contribution in [2.45, 2.75) is 37.5 Å². The van der Waals surface area contributed by atoms with Crippen LogP contribution >= 0.6 is 0 Å². The van der Waals surface area contributed by atoms with Crippen LogP contribution in [0.15, 0.2) is 65.4 Å². The molecular formula is C22H25N3O2. The second kappa shape index (κ2) is 8.25. The molecule has 0 saturated carbocycles. The lowest BCUT2D eigenvalue weighted by Gasteiger charge is -2.32. The molecule has 3 heterocycles. The molecule has 1 saturated heterocycles. The van der Waals surface area contributed by atoms with E-state index in [2.05, 4.69) is 22.3 Å². The molecule has 0 unspecified atom stereocenters. The number of hydrogen-bond acceptors (Lipinski definition) is 3. The number of aromatic amines is 1. The summed E-state index contributed by atoms with van der Waals surface area (Å²) < 4.78 is 5.64. The van der Waals surface area contributed by atoms with Gasteiger partial charge in [-0.05, 0) is 43.0 Å². The number of carbonyl (C=O) groups is 1. The third kappa shape index (κ3) is 4.30. The van der Waals surface area contributed by atoms with Gasteiger partial charge in [-0.2, -0.15) is 5.10 Å². The Hall–Kier alpha value is -2.82. The van der Waals surface area contributed by atoms with Crippen molar-refractivity contribution in [1.29, 1.82) is 0 Å². The molecule has 1 atom stereocenters. The fourth-order valence-corrected chi connectivity index (χ4v) is 3.97. The van der Waals surface area contributed by atoms with Gasteiger partial charge in [0.15, 0.2) is 0 Å². The number of hydrogen-bond donors (Lipinski definition) is 1. The Morgan fingerprint density at radius 2 is 1.96 bits per heavy atom. The molecule has 0 bridgehead atoms. The summed E-state index contributed by atoms with van der Waals surface area (Å²) in [4.78, 5) is 15.0. The van der Waals surface area contributed by atoms with Gasteiger partial charge >= 0.3 is 0 Å². The molecule has 0 radical (unpaired) electrons. The van der Waals surface area contributed by atoms with Crippen LogP contribution in [0, 0.1) is 0 Å². The Morgan fingerprint density at radius 3 is 2.63 bits per heavy atom. The minimum absolute atomic E-state index is 0.0697. The van der Waals surface area contributed by atoms with Gasteiger partial charge in [-0.1, -0.05) is 30.3 Å². The molecule has 27 heavy (non-hydrogen) atoms. The molecule has 2 aromatic heterocycles. The van der Waals surface area contributed by atoms with Gasteiger partial charge in [-0.15, -0.1) is 0 Å². The number of furan rings is 1. The molecule has 140 valence electrons. The number of nitrogens with one attached hydrogen (secondary N) is 1. The van der Waals surface area contributed by atoms with Crippen molar-refractivity contribution in [3.05, 3.63) is 78.0 Å². The smallest absolute Gasteiger partial charge is 0.223 e. The molecule has 1 aliphatic heterocycles. The van der Waals surface area contributed by atoms with Gasteiger partial charge in [0.1, 0.15) is 5.76 Å². The van der Waals surface area contributed by atoms with E-state index in [1.54, 1.807) is 12.5 Å². The lowest BCUT2D eigenvalue weighted by Crippen LogP contribution is -2.38. The fraction of sp³-hybridized carbons (Fsp3) is 0.364. The van der Waals surface area contributed by atoms with Gasteiger partial charge in [0.2, 0.25) is 5.91 Å². The molecule has 1 amide bonds. The highest BCUT2D eigenvalue weighted by Crippen LogP contribution is 2.29. The van der Waals surface area contributed by atoms with Crippen LogP contribution in [0.5, 0.6) is 0 Å². The standard InChI is InChI=1S/C22H25N3O2/c26-22(25-12-9-18(10-13-25)20-8-11-23-24-20)16-19(21-7-4-14-27-21)15-17-5-2-1-3-6-17/h1-8,11,14,18-19H,9-10,12-13,15-16H2,(H,23,24)/t19-/m1/s1. The highest BCUT2D eigenvalue weighted by molar-refractivity contribution is 5.77. The van der Waals surface area contributed by atoms with Crippen LogP contribution in [0.4, 0.5) is 0 Å². The van der Waals surface area contributed by atoms with Gasteiger partial charge in [0.25, 0.3) is 0 Å². The Morgan fingerprint density at radius 1 is 1.15 bits per heavy atom. The van der Waals surface area contributed by atoms with Crippen LogP contribution in [0.25, 0.3) is 0 Å². The van der Waals surface area contributed by atoms with E-state index in [9.17, 15) is 4.79 Å². The van der Waals surface area contributed by atoms with Crippen molar-refractivity contribution in [1.82, 2.24) is 15.1 Å². The highest BCUT2D eigenvalue weighted by Gasteiger charge is 2.27. The number of piperidine rings is 1. The van der Waals surface area contributed by atoms with Crippen molar-refractivity contribution < 1.29 is 9.21 Å². The van der Waals surface area contributed by atoms with Crippen LogP contribution in [-0.4, -0.2) is 34.1 Å². The summed E-state index contributed by atoms with van der Waals surface area (Å²) in [6.45, 7) is 1.61. The van der Waals surface area contributed by atoms with E-state index in [0.717, 1.165) is 38.1 Å². The first-order valence-corrected chi connectivity index (χ1v) is 9.64. The zero-order valence-electron chi connectivity index (χ0n) is 15.4. The average molecular weight is 363 g/mol. The van der Waals surface area contributed by atoms with Crippen molar-refractivity contribution in [3.63, 3.8) is 0 Å². The lowest BCUT2D eigenvalue weighted by atomic mass is 9.91. The summed E-state index contributed by atoms with van der Waals surface area (Å²) in [6, 6.07) is 16.2. The largest absolute Gasteiger partial charge is 0.469 e. The molecule has 1 fully saturated rings. The number of aromatic nitrogens is 2. The Bertz CT molecular complexity index is 820. The Labute approximate surface area is 159 Å². The number of nitrogens with zero attached hydrogens (tertiary/aromatic N) is 2. The van der Waals surface area contributed by atoms with E-state index >= 15 is 0 Å². The van der Waals surface area contributed by atoms with Crippen molar-refractivity contribution in [3.8, 4) is 0 Å². The number of benzene rings is 1. The fourth-order valence-electron chi connectivity index (χ4n) is 3.97. The molecule has 1 N–H and O–H groups in total. The summed E-state index contributed by atoms with van der Waals surface area (Å²) in [5.74, 6) is 1.65. The van der Waals surface area contributed by atoms with Gasteiger partial charge in [0.05, 0.1) is 6.26 Å². The number of rotatable bonds is 6. The quantitative estimate of drug-likeness (QED) is 0.716. The molecule has 1 aromatic carbocycles. The molecule has 3 aromatic rings. The second-order valence-corrected chi connectivity index (χ2v) is 7.27. The first-order valence-electron chi connectivity index (χ1n) is 9.64. The van der Waals surface area contributed by atoms with Gasteiger partial charge in [-0.3, -0.25) is 9.89 Å². The van der Waals surface area contributed by atoms with Crippen molar-refractivity contribution in [2.24, 2.45) is 0 Å². The van der Waals surface area contributed by atoms with E-state index in [1.807, 2.05) is 41.3 Å². The predicted octanol–water partition coefficient (Wildman–Crippen LogP) is 4.13. The maximum atomic E-state index is 13.0. The normalized spacial score (nSPS) is 16.4. The molecule has 1 aliphatic rings. The van der Waals surface area contributed by atoms with Crippen molar-refractivity contribution >= 4 is 5.91 Å². The summed E-state index contributed by atoms with van der Waals surface area (Å²) in [7, 11) is 0. The molecule has 4 rings (SSSR count). The van der Waals surface area contributed by atoms with E-state index in [-0.39, 0.29) is 11.8 Å². The van der Waals surface area contributed by atoms with E-state index in [1.165, 1.54) is 11.3 Å². The third-order valence-electron chi connectivity index (χ3n) is 5.50. The maximum absolute atomic E-state index is 13.0. The first-order chi connectivity index (χ1) is 13.3. The minimum Gasteiger partial charge on any atom is -0.469 e. The number of likely N-dealkylation sites (tertiary alicyclic amines) is 1. The van der Waals surface area contributed by atoms with Crippen LogP contribution in [0.3, 0.4) is 0 Å².